The zero-order chi connectivity index (χ0) is 22.3. The predicted molar refractivity (Wildman–Crippen MR) is 120 cm³/mol. The Bertz CT molecular complexity index is 933. The van der Waals surface area contributed by atoms with Crippen molar-refractivity contribution in [2.75, 3.05) is 0 Å². The molecule has 6 heteroatoms. The molecule has 0 amide bonds. The molecule has 0 heterocycles. The number of nitrogens with zero attached hydrogens (tertiary/aromatic N) is 1. The number of halogens is 2. The monoisotopic (exact) mass is 445 g/mol. The first kappa shape index (κ1) is 23.8. The Morgan fingerprint density at radius 2 is 1.80 bits per heavy atom. The molecular formula is C24H25Cl2NO3. The van der Waals surface area contributed by atoms with Crippen molar-refractivity contribution in [1.29, 1.82) is 5.26 Å². The molecular weight excluding hydrogens is 421 g/mol. The summed E-state index contributed by atoms with van der Waals surface area (Å²) in [6.07, 6.45) is 2.00. The lowest BCUT2D eigenvalue weighted by Gasteiger charge is -2.42. The van der Waals surface area contributed by atoms with Crippen LogP contribution in [0.15, 0.2) is 65.2 Å². The van der Waals surface area contributed by atoms with Gasteiger partial charge in [0.25, 0.3) is 0 Å². The number of allylic oxidation sites excluding steroid dienone is 1. The number of carbonyl (C=O) groups is 1. The molecule has 2 rings (SSSR count). The van der Waals surface area contributed by atoms with Crippen molar-refractivity contribution in [2.24, 2.45) is 17.3 Å². The normalized spacial score (nSPS) is 14.8. The van der Waals surface area contributed by atoms with Gasteiger partial charge in [-0.1, -0.05) is 74.3 Å². The highest BCUT2D eigenvalue weighted by atomic mass is 35.5. The highest BCUT2D eigenvalue weighted by molar-refractivity contribution is 6.55. The minimum atomic E-state index is -1.43. The van der Waals surface area contributed by atoms with E-state index in [4.69, 9.17) is 27.9 Å². The molecule has 0 saturated carbocycles. The second kappa shape index (κ2) is 10.5. The Balaban J connectivity index is 2.60. The number of para-hydroxylation sites is 1. The van der Waals surface area contributed by atoms with Crippen molar-refractivity contribution >= 4 is 29.2 Å². The Kier molecular flexibility index (Phi) is 8.34. The molecule has 0 aliphatic rings. The molecule has 0 aliphatic heterocycles. The van der Waals surface area contributed by atoms with Crippen LogP contribution >= 0.6 is 23.2 Å². The fraction of sp³-hybridized carbons (Fsp3) is 0.333. The van der Waals surface area contributed by atoms with Gasteiger partial charge in [0.05, 0.1) is 17.4 Å². The third-order valence-corrected chi connectivity index (χ3v) is 5.74. The number of hydrogen-bond acceptors (Lipinski definition) is 3. The summed E-state index contributed by atoms with van der Waals surface area (Å²) in [7, 11) is 0. The van der Waals surface area contributed by atoms with Gasteiger partial charge in [-0.15, -0.1) is 0 Å². The number of hydrogen-bond donors (Lipinski definition) is 1. The molecule has 3 atom stereocenters. The van der Waals surface area contributed by atoms with Crippen LogP contribution in [0.3, 0.4) is 0 Å². The van der Waals surface area contributed by atoms with Crippen molar-refractivity contribution in [3.05, 3.63) is 70.7 Å². The third kappa shape index (κ3) is 4.98. The second-order valence-corrected chi connectivity index (χ2v) is 8.42. The standard InChI is InChI=1S/C24H25Cl2NO3/c1-4-18(14-22(25)26)24(16(2)3,23(28)29)21(15-27)17-9-8-12-20(13-17)30-19-10-6-5-7-11-19/h5-14,16,18,21H,4H2,1-3H3,(H,28,29). The summed E-state index contributed by atoms with van der Waals surface area (Å²) in [6, 6.07) is 18.5. The average Bonchev–Trinajstić information content (AvgIpc) is 2.70. The van der Waals surface area contributed by atoms with E-state index in [1.54, 1.807) is 38.1 Å². The van der Waals surface area contributed by atoms with Gasteiger partial charge in [0.1, 0.15) is 16.0 Å². The van der Waals surface area contributed by atoms with Crippen LogP contribution in [0.2, 0.25) is 0 Å². The number of aliphatic carboxylic acids is 1. The van der Waals surface area contributed by atoms with E-state index in [0.29, 0.717) is 23.5 Å². The largest absolute Gasteiger partial charge is 0.481 e. The van der Waals surface area contributed by atoms with E-state index in [1.807, 2.05) is 37.3 Å². The molecule has 0 bridgehead atoms. The maximum atomic E-state index is 12.7. The number of nitriles is 1. The molecule has 2 aromatic rings. The van der Waals surface area contributed by atoms with E-state index >= 15 is 0 Å². The number of carboxylic acid groups (broad SMARTS) is 1. The van der Waals surface area contributed by atoms with Crippen LogP contribution in [0.5, 0.6) is 11.5 Å². The molecule has 158 valence electrons. The first-order chi connectivity index (χ1) is 14.3. The fourth-order valence-electron chi connectivity index (χ4n) is 4.09. The first-order valence-corrected chi connectivity index (χ1v) is 10.5. The van der Waals surface area contributed by atoms with E-state index < -0.39 is 23.2 Å². The van der Waals surface area contributed by atoms with Crippen LogP contribution in [0.4, 0.5) is 0 Å². The summed E-state index contributed by atoms with van der Waals surface area (Å²) in [5.74, 6) is -1.73. The van der Waals surface area contributed by atoms with Crippen LogP contribution in [0, 0.1) is 28.6 Å². The molecule has 4 nitrogen and oxygen atoms in total. The number of benzene rings is 2. The summed E-state index contributed by atoms with van der Waals surface area (Å²) in [6.45, 7) is 5.48. The topological polar surface area (TPSA) is 70.3 Å². The second-order valence-electron chi connectivity index (χ2n) is 7.41. The van der Waals surface area contributed by atoms with Gasteiger partial charge in [0, 0.05) is 0 Å². The minimum absolute atomic E-state index is 0.00836. The molecule has 1 N–H and O–H groups in total. The minimum Gasteiger partial charge on any atom is -0.481 e. The fourth-order valence-corrected chi connectivity index (χ4v) is 4.39. The van der Waals surface area contributed by atoms with Gasteiger partial charge in [0.15, 0.2) is 0 Å². The Morgan fingerprint density at radius 3 is 2.30 bits per heavy atom. The molecule has 0 aliphatic carbocycles. The molecule has 0 fully saturated rings. The summed E-state index contributed by atoms with van der Waals surface area (Å²) < 4.78 is 5.88. The van der Waals surface area contributed by atoms with Gasteiger partial charge in [-0.05, 0) is 54.2 Å². The quantitative estimate of drug-likeness (QED) is 0.444. The highest BCUT2D eigenvalue weighted by Crippen LogP contribution is 2.51. The van der Waals surface area contributed by atoms with Gasteiger partial charge in [-0.3, -0.25) is 4.79 Å². The number of rotatable bonds is 9. The molecule has 0 spiro atoms. The Hall–Kier alpha value is -2.48. The third-order valence-electron chi connectivity index (χ3n) is 5.48. The van der Waals surface area contributed by atoms with Crippen molar-refractivity contribution in [2.45, 2.75) is 33.1 Å². The summed E-state index contributed by atoms with van der Waals surface area (Å²) in [5.41, 5.74) is -0.858. The molecule has 30 heavy (non-hydrogen) atoms. The number of ether oxygens (including phenoxy) is 1. The maximum Gasteiger partial charge on any atom is 0.312 e. The zero-order valence-electron chi connectivity index (χ0n) is 17.2. The van der Waals surface area contributed by atoms with Crippen LogP contribution in [-0.2, 0) is 4.79 Å². The zero-order valence-corrected chi connectivity index (χ0v) is 18.7. The smallest absolute Gasteiger partial charge is 0.312 e. The van der Waals surface area contributed by atoms with Gasteiger partial charge >= 0.3 is 5.97 Å². The SMILES string of the molecule is CCC(C=C(Cl)Cl)C(C(=O)O)(C(C)C)C(C#N)c1cccc(Oc2ccccc2)c1. The number of carboxylic acids is 1. The van der Waals surface area contributed by atoms with Gasteiger partial charge in [-0.2, -0.15) is 5.26 Å². The van der Waals surface area contributed by atoms with E-state index in [9.17, 15) is 15.2 Å². The van der Waals surface area contributed by atoms with Gasteiger partial charge in [-0.25, -0.2) is 0 Å². The van der Waals surface area contributed by atoms with Crippen molar-refractivity contribution in [3.8, 4) is 17.6 Å². The molecule has 3 unspecified atom stereocenters. The molecule has 2 aromatic carbocycles. The lowest BCUT2D eigenvalue weighted by molar-refractivity contribution is -0.156. The van der Waals surface area contributed by atoms with Crippen molar-refractivity contribution in [3.63, 3.8) is 0 Å². The molecule has 0 radical (unpaired) electrons. The lowest BCUT2D eigenvalue weighted by atomic mass is 9.58. The Labute approximate surface area is 187 Å². The van der Waals surface area contributed by atoms with E-state index in [-0.39, 0.29) is 10.4 Å². The predicted octanol–water partition coefficient (Wildman–Crippen LogP) is 7.16. The van der Waals surface area contributed by atoms with Crippen molar-refractivity contribution < 1.29 is 14.6 Å². The lowest BCUT2D eigenvalue weighted by Crippen LogP contribution is -2.47. The van der Waals surface area contributed by atoms with Crippen LogP contribution in [-0.4, -0.2) is 11.1 Å². The van der Waals surface area contributed by atoms with Crippen LogP contribution in [0.25, 0.3) is 0 Å². The van der Waals surface area contributed by atoms with Crippen molar-refractivity contribution in [1.82, 2.24) is 0 Å². The van der Waals surface area contributed by atoms with E-state index in [2.05, 4.69) is 6.07 Å². The highest BCUT2D eigenvalue weighted by Gasteiger charge is 2.54. The van der Waals surface area contributed by atoms with Gasteiger partial charge < -0.3 is 9.84 Å². The Morgan fingerprint density at radius 1 is 1.17 bits per heavy atom. The average molecular weight is 446 g/mol. The van der Waals surface area contributed by atoms with Crippen LogP contribution in [0.1, 0.15) is 38.7 Å². The van der Waals surface area contributed by atoms with E-state index in [0.717, 1.165) is 0 Å². The summed E-state index contributed by atoms with van der Waals surface area (Å²) in [5, 5.41) is 20.5. The molecule has 0 saturated heterocycles. The van der Waals surface area contributed by atoms with Crippen LogP contribution < -0.4 is 4.74 Å². The first-order valence-electron chi connectivity index (χ1n) is 9.76. The summed E-state index contributed by atoms with van der Waals surface area (Å²) >= 11 is 11.8. The van der Waals surface area contributed by atoms with E-state index in [1.165, 1.54) is 6.08 Å². The maximum absolute atomic E-state index is 12.7. The summed E-state index contributed by atoms with van der Waals surface area (Å²) in [4.78, 5) is 12.7. The van der Waals surface area contributed by atoms with Gasteiger partial charge in [0.2, 0.25) is 0 Å². The molecule has 0 aromatic heterocycles.